The molecule has 0 saturated heterocycles. The average molecular weight is 189 g/mol. The van der Waals surface area contributed by atoms with Gasteiger partial charge in [-0.3, -0.25) is 4.79 Å². The molecule has 2 heteroatoms. The summed E-state index contributed by atoms with van der Waals surface area (Å²) in [7, 11) is 0. The van der Waals surface area contributed by atoms with E-state index in [1.165, 1.54) is 5.56 Å². The first-order valence-corrected chi connectivity index (χ1v) is 5.13. The molecule has 74 valence electrons. The molecule has 2 nitrogen and oxygen atoms in total. The first-order chi connectivity index (χ1) is 6.70. The van der Waals surface area contributed by atoms with Crippen molar-refractivity contribution < 1.29 is 4.79 Å². The van der Waals surface area contributed by atoms with Crippen LogP contribution in [0.15, 0.2) is 18.2 Å². The fraction of sp³-hybridized carbons (Fsp3) is 0.417. The third-order valence-corrected chi connectivity index (χ3v) is 2.94. The summed E-state index contributed by atoms with van der Waals surface area (Å²) in [4.78, 5) is 11.1. The number of nitrogens with one attached hydrogen (secondary N) is 1. The van der Waals surface area contributed by atoms with Crippen molar-refractivity contribution in [2.75, 3.05) is 5.32 Å². The molecule has 1 atom stereocenters. The molecule has 1 N–H and O–H groups in total. The minimum atomic E-state index is 0.112. The quantitative estimate of drug-likeness (QED) is 0.761. The van der Waals surface area contributed by atoms with Crippen LogP contribution in [0.4, 0.5) is 5.69 Å². The summed E-state index contributed by atoms with van der Waals surface area (Å²) in [6.45, 7) is 4.38. The third-order valence-electron chi connectivity index (χ3n) is 2.94. The van der Waals surface area contributed by atoms with Crippen LogP contribution in [-0.4, -0.2) is 5.91 Å². The second kappa shape index (κ2) is 3.45. The summed E-state index contributed by atoms with van der Waals surface area (Å²) in [5, 5.41) is 2.88. The standard InChI is InChI=1S/C12H15NO/c1-3-8(2)9-4-5-10-7-12(14)13-11(10)6-9/h4-6,8H,3,7H2,1-2H3,(H,13,14). The lowest BCUT2D eigenvalue weighted by Gasteiger charge is -2.10. The molecule has 1 heterocycles. The highest BCUT2D eigenvalue weighted by molar-refractivity contribution is 5.99. The molecule has 2 rings (SSSR count). The monoisotopic (exact) mass is 189 g/mol. The smallest absolute Gasteiger partial charge is 0.228 e. The molecule has 0 fully saturated rings. The van der Waals surface area contributed by atoms with Crippen molar-refractivity contribution in [2.45, 2.75) is 32.6 Å². The Morgan fingerprint density at radius 3 is 3.00 bits per heavy atom. The number of amides is 1. The summed E-state index contributed by atoms with van der Waals surface area (Å²) in [5.74, 6) is 0.680. The Morgan fingerprint density at radius 2 is 2.29 bits per heavy atom. The van der Waals surface area contributed by atoms with Crippen molar-refractivity contribution in [1.29, 1.82) is 0 Å². The van der Waals surface area contributed by atoms with E-state index in [1.54, 1.807) is 0 Å². The number of carbonyl (C=O) groups excluding carboxylic acids is 1. The summed E-state index contributed by atoms with van der Waals surface area (Å²) in [5.41, 5.74) is 3.45. The maximum Gasteiger partial charge on any atom is 0.228 e. The van der Waals surface area contributed by atoms with Gasteiger partial charge in [-0.25, -0.2) is 0 Å². The van der Waals surface area contributed by atoms with E-state index in [2.05, 4.69) is 37.4 Å². The Labute approximate surface area is 84.3 Å². The van der Waals surface area contributed by atoms with Gasteiger partial charge in [-0.05, 0) is 29.5 Å². The SMILES string of the molecule is CCC(C)c1ccc2c(c1)NC(=O)C2. The molecule has 0 bridgehead atoms. The van der Waals surface area contributed by atoms with Gasteiger partial charge in [0.2, 0.25) is 5.91 Å². The lowest BCUT2D eigenvalue weighted by molar-refractivity contribution is -0.115. The molecule has 0 saturated carbocycles. The molecular weight excluding hydrogens is 174 g/mol. The van der Waals surface area contributed by atoms with Crippen molar-refractivity contribution in [3.8, 4) is 0 Å². The zero-order valence-corrected chi connectivity index (χ0v) is 8.63. The highest BCUT2D eigenvalue weighted by Crippen LogP contribution is 2.28. The van der Waals surface area contributed by atoms with Gasteiger partial charge >= 0.3 is 0 Å². The molecule has 1 aliphatic heterocycles. The molecule has 1 unspecified atom stereocenters. The number of hydrogen-bond donors (Lipinski definition) is 1. The van der Waals surface area contributed by atoms with E-state index in [0.717, 1.165) is 17.7 Å². The van der Waals surface area contributed by atoms with Gasteiger partial charge in [-0.2, -0.15) is 0 Å². The fourth-order valence-electron chi connectivity index (χ4n) is 1.77. The van der Waals surface area contributed by atoms with Crippen LogP contribution < -0.4 is 5.32 Å². The van der Waals surface area contributed by atoms with Gasteiger partial charge in [0, 0.05) is 5.69 Å². The van der Waals surface area contributed by atoms with E-state index in [4.69, 9.17) is 0 Å². The van der Waals surface area contributed by atoms with E-state index in [0.29, 0.717) is 12.3 Å². The van der Waals surface area contributed by atoms with Crippen molar-refractivity contribution in [3.05, 3.63) is 29.3 Å². The molecule has 1 aliphatic rings. The van der Waals surface area contributed by atoms with E-state index in [-0.39, 0.29) is 5.91 Å². The molecule has 1 amide bonds. The molecule has 0 aliphatic carbocycles. The van der Waals surface area contributed by atoms with Gasteiger partial charge in [-0.15, -0.1) is 0 Å². The number of fused-ring (bicyclic) bond motifs is 1. The predicted octanol–water partition coefficient (Wildman–Crippen LogP) is 2.69. The maximum atomic E-state index is 11.1. The van der Waals surface area contributed by atoms with Crippen molar-refractivity contribution in [1.82, 2.24) is 0 Å². The topological polar surface area (TPSA) is 29.1 Å². The highest BCUT2D eigenvalue weighted by atomic mass is 16.1. The Morgan fingerprint density at radius 1 is 1.50 bits per heavy atom. The normalized spacial score (nSPS) is 16.3. The minimum absolute atomic E-state index is 0.112. The van der Waals surface area contributed by atoms with Gasteiger partial charge < -0.3 is 5.32 Å². The maximum absolute atomic E-state index is 11.1. The van der Waals surface area contributed by atoms with Crippen molar-refractivity contribution >= 4 is 11.6 Å². The van der Waals surface area contributed by atoms with Crippen LogP contribution >= 0.6 is 0 Å². The molecule has 1 aromatic carbocycles. The first-order valence-electron chi connectivity index (χ1n) is 5.13. The number of carbonyl (C=O) groups is 1. The Bertz CT molecular complexity index is 371. The summed E-state index contributed by atoms with van der Waals surface area (Å²) < 4.78 is 0. The van der Waals surface area contributed by atoms with Crippen LogP contribution in [0.2, 0.25) is 0 Å². The van der Waals surface area contributed by atoms with Crippen LogP contribution in [-0.2, 0) is 11.2 Å². The Hall–Kier alpha value is -1.31. The summed E-state index contributed by atoms with van der Waals surface area (Å²) in [6, 6.07) is 6.30. The molecule has 14 heavy (non-hydrogen) atoms. The fourth-order valence-corrected chi connectivity index (χ4v) is 1.77. The summed E-state index contributed by atoms with van der Waals surface area (Å²) >= 11 is 0. The summed E-state index contributed by atoms with van der Waals surface area (Å²) in [6.07, 6.45) is 1.67. The second-order valence-corrected chi connectivity index (χ2v) is 3.95. The van der Waals surface area contributed by atoms with Gasteiger partial charge in [0.15, 0.2) is 0 Å². The second-order valence-electron chi connectivity index (χ2n) is 3.95. The van der Waals surface area contributed by atoms with E-state index < -0.39 is 0 Å². The first kappa shape index (κ1) is 9.25. The molecule has 0 radical (unpaired) electrons. The van der Waals surface area contributed by atoms with Crippen LogP contribution in [0, 0.1) is 0 Å². The lowest BCUT2D eigenvalue weighted by Crippen LogP contribution is -2.03. The Kier molecular flexibility index (Phi) is 2.28. The zero-order valence-electron chi connectivity index (χ0n) is 8.63. The number of anilines is 1. The van der Waals surface area contributed by atoms with E-state index in [1.807, 2.05) is 0 Å². The number of benzene rings is 1. The lowest BCUT2D eigenvalue weighted by atomic mass is 9.97. The van der Waals surface area contributed by atoms with Crippen LogP contribution in [0.5, 0.6) is 0 Å². The molecule has 0 spiro atoms. The van der Waals surface area contributed by atoms with Crippen LogP contribution in [0.3, 0.4) is 0 Å². The largest absolute Gasteiger partial charge is 0.326 e. The predicted molar refractivity (Wildman–Crippen MR) is 57.5 cm³/mol. The molecule has 0 aromatic heterocycles. The van der Waals surface area contributed by atoms with Gasteiger partial charge in [0.25, 0.3) is 0 Å². The van der Waals surface area contributed by atoms with Gasteiger partial charge in [0.1, 0.15) is 0 Å². The highest BCUT2D eigenvalue weighted by Gasteiger charge is 2.18. The molecule has 1 aromatic rings. The van der Waals surface area contributed by atoms with Crippen molar-refractivity contribution in [2.24, 2.45) is 0 Å². The van der Waals surface area contributed by atoms with Crippen LogP contribution in [0.1, 0.15) is 37.3 Å². The van der Waals surface area contributed by atoms with Crippen LogP contribution in [0.25, 0.3) is 0 Å². The van der Waals surface area contributed by atoms with E-state index in [9.17, 15) is 4.79 Å². The number of rotatable bonds is 2. The van der Waals surface area contributed by atoms with Gasteiger partial charge in [-0.1, -0.05) is 26.0 Å². The van der Waals surface area contributed by atoms with Crippen molar-refractivity contribution in [3.63, 3.8) is 0 Å². The average Bonchev–Trinajstić information content (AvgIpc) is 2.55. The van der Waals surface area contributed by atoms with E-state index >= 15 is 0 Å². The van der Waals surface area contributed by atoms with Gasteiger partial charge in [0.05, 0.1) is 6.42 Å². The minimum Gasteiger partial charge on any atom is -0.326 e. The third kappa shape index (κ3) is 1.52. The zero-order chi connectivity index (χ0) is 10.1. The Balaban J connectivity index is 2.32. The molecular formula is C12H15NO. The number of hydrogen-bond acceptors (Lipinski definition) is 1.